The number of aryl methyl sites for hydroxylation is 2. The molecule has 0 aliphatic rings. The maximum atomic E-state index is 4.63. The highest BCUT2D eigenvalue weighted by Crippen LogP contribution is 2.30. The van der Waals surface area contributed by atoms with Crippen LogP contribution in [0.1, 0.15) is 11.1 Å². The molecule has 3 rings (SSSR count). The molecule has 96 valence electrons. The van der Waals surface area contributed by atoms with Crippen molar-refractivity contribution in [3.05, 3.63) is 52.0 Å². The third kappa shape index (κ3) is 2.65. The summed E-state index contributed by atoms with van der Waals surface area (Å²) in [5, 5.41) is 4.33. The van der Waals surface area contributed by atoms with E-state index in [4.69, 9.17) is 0 Å². The Morgan fingerprint density at radius 3 is 2.74 bits per heavy atom. The number of halogens is 1. The Morgan fingerprint density at radius 2 is 1.95 bits per heavy atom. The van der Waals surface area contributed by atoms with Gasteiger partial charge in [0.25, 0.3) is 0 Å². The predicted molar refractivity (Wildman–Crippen MR) is 86.5 cm³/mol. The van der Waals surface area contributed by atoms with E-state index in [1.165, 1.54) is 15.8 Å². The van der Waals surface area contributed by atoms with Crippen LogP contribution in [-0.4, -0.2) is 4.98 Å². The lowest BCUT2D eigenvalue weighted by Gasteiger charge is -2.06. The molecule has 0 amide bonds. The van der Waals surface area contributed by atoms with Crippen molar-refractivity contribution in [3.63, 3.8) is 0 Å². The van der Waals surface area contributed by atoms with E-state index >= 15 is 0 Å². The van der Waals surface area contributed by atoms with Crippen molar-refractivity contribution >= 4 is 48.3 Å². The zero-order valence-electron chi connectivity index (χ0n) is 10.7. The lowest BCUT2D eigenvalue weighted by molar-refractivity contribution is 1.38. The zero-order chi connectivity index (χ0) is 13.4. The van der Waals surface area contributed by atoms with Gasteiger partial charge in [0, 0.05) is 10.2 Å². The lowest BCUT2D eigenvalue weighted by atomic mass is 10.2. The summed E-state index contributed by atoms with van der Waals surface area (Å²) in [7, 11) is 0. The summed E-state index contributed by atoms with van der Waals surface area (Å²) in [5.74, 6) is 0. The molecule has 0 atom stereocenters. The van der Waals surface area contributed by atoms with Crippen LogP contribution in [-0.2, 0) is 0 Å². The van der Waals surface area contributed by atoms with Crippen LogP contribution in [0.2, 0.25) is 0 Å². The fraction of sp³-hybridized carbons (Fsp3) is 0.133. The molecule has 1 heterocycles. The van der Waals surface area contributed by atoms with E-state index in [9.17, 15) is 0 Å². The fourth-order valence-electron chi connectivity index (χ4n) is 1.97. The lowest BCUT2D eigenvalue weighted by Crippen LogP contribution is -1.91. The molecule has 0 spiro atoms. The first kappa shape index (κ1) is 12.6. The number of thiazole rings is 1. The number of rotatable bonds is 2. The van der Waals surface area contributed by atoms with E-state index in [-0.39, 0.29) is 0 Å². The van der Waals surface area contributed by atoms with Gasteiger partial charge in [-0.3, -0.25) is 0 Å². The van der Waals surface area contributed by atoms with E-state index in [1.54, 1.807) is 11.3 Å². The monoisotopic (exact) mass is 332 g/mol. The molecular weight excluding hydrogens is 320 g/mol. The third-order valence-corrected chi connectivity index (χ3v) is 4.42. The minimum atomic E-state index is 0.936. The van der Waals surface area contributed by atoms with Crippen LogP contribution in [0.25, 0.3) is 10.2 Å². The van der Waals surface area contributed by atoms with Crippen LogP contribution < -0.4 is 5.32 Å². The highest BCUT2D eigenvalue weighted by Gasteiger charge is 2.06. The van der Waals surface area contributed by atoms with E-state index < -0.39 is 0 Å². The Labute approximate surface area is 124 Å². The van der Waals surface area contributed by atoms with Gasteiger partial charge in [-0.15, -0.1) is 0 Å². The summed E-state index contributed by atoms with van der Waals surface area (Å²) in [6.07, 6.45) is 0. The van der Waals surface area contributed by atoms with Gasteiger partial charge < -0.3 is 5.32 Å². The van der Waals surface area contributed by atoms with Crippen LogP contribution >= 0.6 is 27.3 Å². The smallest absolute Gasteiger partial charge is 0.188 e. The van der Waals surface area contributed by atoms with Gasteiger partial charge in [0.1, 0.15) is 0 Å². The first-order valence-corrected chi connectivity index (χ1v) is 7.63. The summed E-state index contributed by atoms with van der Waals surface area (Å²) in [5.41, 5.74) is 4.59. The second-order valence-electron chi connectivity index (χ2n) is 4.57. The molecule has 0 unspecified atom stereocenters. The topological polar surface area (TPSA) is 24.9 Å². The average molecular weight is 333 g/mol. The maximum absolute atomic E-state index is 4.63. The van der Waals surface area contributed by atoms with Crippen molar-refractivity contribution in [2.75, 3.05) is 5.32 Å². The van der Waals surface area contributed by atoms with Crippen LogP contribution in [0.5, 0.6) is 0 Å². The quantitative estimate of drug-likeness (QED) is 0.677. The summed E-state index contributed by atoms with van der Waals surface area (Å²) in [6.45, 7) is 4.18. The van der Waals surface area contributed by atoms with E-state index in [2.05, 4.69) is 70.4 Å². The summed E-state index contributed by atoms with van der Waals surface area (Å²) in [4.78, 5) is 4.63. The van der Waals surface area contributed by atoms with Crippen LogP contribution in [0.4, 0.5) is 10.8 Å². The fourth-order valence-corrected chi connectivity index (χ4v) is 3.31. The Bertz CT molecular complexity index is 749. The molecular formula is C15H13BrN2S. The molecule has 1 N–H and O–H groups in total. The second-order valence-corrected chi connectivity index (χ2v) is 6.52. The molecule has 0 aliphatic carbocycles. The molecule has 0 saturated heterocycles. The zero-order valence-corrected chi connectivity index (χ0v) is 13.1. The van der Waals surface area contributed by atoms with Gasteiger partial charge in [-0.25, -0.2) is 4.98 Å². The molecule has 19 heavy (non-hydrogen) atoms. The molecule has 0 radical (unpaired) electrons. The van der Waals surface area contributed by atoms with Gasteiger partial charge in [0.2, 0.25) is 0 Å². The highest BCUT2D eigenvalue weighted by atomic mass is 79.9. The Morgan fingerprint density at radius 1 is 1.11 bits per heavy atom. The van der Waals surface area contributed by atoms with Crippen molar-refractivity contribution in [1.29, 1.82) is 0 Å². The minimum Gasteiger partial charge on any atom is -0.331 e. The van der Waals surface area contributed by atoms with Crippen molar-refractivity contribution in [2.24, 2.45) is 0 Å². The molecule has 0 saturated carbocycles. The van der Waals surface area contributed by atoms with Crippen LogP contribution in [0.15, 0.2) is 40.9 Å². The van der Waals surface area contributed by atoms with Crippen molar-refractivity contribution in [2.45, 2.75) is 13.8 Å². The molecule has 4 heteroatoms. The van der Waals surface area contributed by atoms with Gasteiger partial charge in [0.05, 0.1) is 10.2 Å². The predicted octanol–water partition coefficient (Wildman–Crippen LogP) is 5.42. The number of nitrogens with zero attached hydrogens (tertiary/aromatic N) is 1. The van der Waals surface area contributed by atoms with Crippen molar-refractivity contribution < 1.29 is 0 Å². The first-order chi connectivity index (χ1) is 9.11. The first-order valence-electron chi connectivity index (χ1n) is 6.02. The molecule has 2 aromatic carbocycles. The number of nitrogens with one attached hydrogen (secondary N) is 1. The summed E-state index contributed by atoms with van der Waals surface area (Å²) in [6, 6.07) is 12.6. The van der Waals surface area contributed by atoms with Gasteiger partial charge in [-0.05, 0) is 55.3 Å². The average Bonchev–Trinajstić information content (AvgIpc) is 2.74. The summed E-state index contributed by atoms with van der Waals surface area (Å²) < 4.78 is 2.30. The van der Waals surface area contributed by atoms with Gasteiger partial charge in [0.15, 0.2) is 5.13 Å². The molecule has 1 aromatic heterocycles. The molecule has 0 fully saturated rings. The van der Waals surface area contributed by atoms with Crippen molar-refractivity contribution in [3.8, 4) is 0 Å². The highest BCUT2D eigenvalue weighted by molar-refractivity contribution is 9.10. The Hall–Kier alpha value is -1.39. The number of benzene rings is 2. The molecule has 0 bridgehead atoms. The molecule has 0 aliphatic heterocycles. The van der Waals surface area contributed by atoms with Crippen molar-refractivity contribution in [1.82, 2.24) is 4.98 Å². The third-order valence-electron chi connectivity index (χ3n) is 2.97. The Kier molecular flexibility index (Phi) is 3.29. The van der Waals surface area contributed by atoms with Gasteiger partial charge in [-0.1, -0.05) is 33.3 Å². The van der Waals surface area contributed by atoms with Gasteiger partial charge in [-0.2, -0.15) is 0 Å². The van der Waals surface area contributed by atoms with E-state index in [1.807, 2.05) is 6.07 Å². The van der Waals surface area contributed by atoms with Crippen LogP contribution in [0, 0.1) is 13.8 Å². The van der Waals surface area contributed by atoms with E-state index in [0.717, 1.165) is 20.8 Å². The van der Waals surface area contributed by atoms with Crippen LogP contribution in [0.3, 0.4) is 0 Å². The maximum Gasteiger partial charge on any atom is 0.188 e. The number of hydrogen-bond donors (Lipinski definition) is 1. The number of aromatic nitrogens is 1. The molecule has 2 nitrogen and oxygen atoms in total. The van der Waals surface area contributed by atoms with Gasteiger partial charge >= 0.3 is 0 Å². The minimum absolute atomic E-state index is 0.936. The largest absolute Gasteiger partial charge is 0.331 e. The molecule has 3 aromatic rings. The number of hydrogen-bond acceptors (Lipinski definition) is 3. The number of anilines is 2. The Balaban J connectivity index is 1.96. The number of fused-ring (bicyclic) bond motifs is 1. The summed E-state index contributed by atoms with van der Waals surface area (Å²) >= 11 is 5.16. The SMILES string of the molecule is Cc1ccc2sc(Nc3ccc(Br)cc3C)nc2c1. The van der Waals surface area contributed by atoms with E-state index in [0.29, 0.717) is 0 Å². The normalized spacial score (nSPS) is 10.9. The standard InChI is InChI=1S/C15H13BrN2S/c1-9-3-6-14-13(7-9)18-15(19-14)17-12-5-4-11(16)8-10(12)2/h3-8H,1-2H3,(H,17,18). The second kappa shape index (κ2) is 4.94.